The fourth-order valence-corrected chi connectivity index (χ4v) is 6.43. The molecule has 0 saturated heterocycles. The molecule has 3 N–H and O–H groups in total. The van der Waals surface area contributed by atoms with Gasteiger partial charge < -0.3 is 10.8 Å². The molecule has 0 aromatic heterocycles. The van der Waals surface area contributed by atoms with Gasteiger partial charge in [0.2, 0.25) is 5.91 Å². The van der Waals surface area contributed by atoms with E-state index in [1.807, 2.05) is 0 Å². The van der Waals surface area contributed by atoms with Crippen LogP contribution in [-0.2, 0) is 9.59 Å². The molecule has 0 radical (unpaired) electrons. The van der Waals surface area contributed by atoms with E-state index >= 15 is 0 Å². The highest BCUT2D eigenvalue weighted by Crippen LogP contribution is 2.15. The van der Waals surface area contributed by atoms with Crippen molar-refractivity contribution in [2.45, 2.75) is 258 Å². The zero-order valence-corrected chi connectivity index (χ0v) is 32.9. The lowest BCUT2D eigenvalue weighted by molar-refractivity contribution is -0.137. The zero-order valence-electron chi connectivity index (χ0n) is 32.9. The molecular formula is C44H87NO3. The average molecular weight is 678 g/mol. The minimum absolute atomic E-state index is 0.156. The highest BCUT2D eigenvalue weighted by atomic mass is 16.4. The number of allylic oxidation sites excluding steroid dienone is 2. The van der Waals surface area contributed by atoms with Gasteiger partial charge in [-0.2, -0.15) is 0 Å². The third-order valence-corrected chi connectivity index (χ3v) is 9.68. The molecule has 0 unspecified atom stereocenters. The van der Waals surface area contributed by atoms with Gasteiger partial charge in [-0.25, -0.2) is 0 Å². The molecule has 0 atom stereocenters. The Morgan fingerprint density at radius 3 is 0.854 bits per heavy atom. The van der Waals surface area contributed by atoms with Crippen LogP contribution in [0.2, 0.25) is 0 Å². The second-order valence-corrected chi connectivity index (χ2v) is 14.7. The average Bonchev–Trinajstić information content (AvgIpc) is 3.07. The summed E-state index contributed by atoms with van der Waals surface area (Å²) in [6.07, 6.45) is 53.9. The Morgan fingerprint density at radius 1 is 0.375 bits per heavy atom. The van der Waals surface area contributed by atoms with Crippen LogP contribution in [0.15, 0.2) is 12.2 Å². The van der Waals surface area contributed by atoms with Gasteiger partial charge in [-0.15, -0.1) is 0 Å². The normalized spacial score (nSPS) is 11.2. The minimum Gasteiger partial charge on any atom is -0.481 e. The molecule has 0 aromatic rings. The van der Waals surface area contributed by atoms with Crippen molar-refractivity contribution in [1.29, 1.82) is 0 Å². The van der Waals surface area contributed by atoms with E-state index in [1.54, 1.807) is 0 Å². The maximum absolute atomic E-state index is 10.6. The second kappa shape index (κ2) is 45.7. The third kappa shape index (κ3) is 51.5. The predicted octanol–water partition coefficient (Wildman–Crippen LogP) is 15.0. The molecule has 4 heteroatoms. The van der Waals surface area contributed by atoms with Crippen molar-refractivity contribution in [3.63, 3.8) is 0 Å². The molecule has 4 nitrogen and oxygen atoms in total. The van der Waals surface area contributed by atoms with Crippen molar-refractivity contribution in [2.75, 3.05) is 0 Å². The molecule has 0 bridgehead atoms. The Hall–Kier alpha value is -1.32. The summed E-state index contributed by atoms with van der Waals surface area (Å²) in [4.78, 5) is 21.0. The van der Waals surface area contributed by atoms with Gasteiger partial charge in [0.1, 0.15) is 0 Å². The Bertz CT molecular complexity index is 647. The first-order valence-electron chi connectivity index (χ1n) is 21.7. The first kappa shape index (κ1) is 48.8. The number of hydrogen-bond donors (Lipinski definition) is 2. The number of carboxylic acids is 1. The van der Waals surface area contributed by atoms with Gasteiger partial charge in [0.15, 0.2) is 0 Å². The number of carbonyl (C=O) groups excluding carboxylic acids is 1. The number of unbranched alkanes of at least 4 members (excludes halogenated alkanes) is 33. The van der Waals surface area contributed by atoms with Crippen LogP contribution in [0.25, 0.3) is 0 Å². The van der Waals surface area contributed by atoms with E-state index in [0.29, 0.717) is 12.8 Å². The lowest BCUT2D eigenvalue weighted by Gasteiger charge is -2.03. The Balaban J connectivity index is 0. The largest absolute Gasteiger partial charge is 0.481 e. The molecule has 0 aromatic carbocycles. The fraction of sp³-hybridized carbons (Fsp3) is 0.909. The first-order valence-corrected chi connectivity index (χ1v) is 21.7. The highest BCUT2D eigenvalue weighted by molar-refractivity contribution is 5.73. The van der Waals surface area contributed by atoms with Crippen molar-refractivity contribution in [3.05, 3.63) is 12.2 Å². The Morgan fingerprint density at radius 2 is 0.604 bits per heavy atom. The van der Waals surface area contributed by atoms with Crippen LogP contribution in [0.1, 0.15) is 258 Å². The second-order valence-electron chi connectivity index (χ2n) is 14.7. The van der Waals surface area contributed by atoms with Crippen LogP contribution >= 0.6 is 0 Å². The van der Waals surface area contributed by atoms with Crippen molar-refractivity contribution >= 4 is 11.9 Å². The fourth-order valence-electron chi connectivity index (χ4n) is 6.43. The molecule has 1 amide bonds. The van der Waals surface area contributed by atoms with Gasteiger partial charge in [-0.1, -0.05) is 219 Å². The monoisotopic (exact) mass is 678 g/mol. The summed E-state index contributed by atoms with van der Waals surface area (Å²) in [5.41, 5.74) is 5.13. The molecule has 286 valence electrons. The number of carboxylic acid groups (broad SMARTS) is 1. The summed E-state index contributed by atoms with van der Waals surface area (Å²) in [5, 5.41) is 8.56. The molecule has 0 fully saturated rings. The number of aliphatic carboxylic acids is 1. The summed E-state index contributed by atoms with van der Waals surface area (Å²) in [7, 11) is 0. The van der Waals surface area contributed by atoms with E-state index in [9.17, 15) is 9.59 Å². The van der Waals surface area contributed by atoms with Gasteiger partial charge in [-0.05, 0) is 38.5 Å². The smallest absolute Gasteiger partial charge is 0.303 e. The van der Waals surface area contributed by atoms with Crippen molar-refractivity contribution in [1.82, 2.24) is 0 Å². The molecular weight excluding hydrogens is 590 g/mol. The Kier molecular flexibility index (Phi) is 46.4. The number of primary amides is 1. The molecule has 0 aliphatic carbocycles. The molecule has 0 saturated carbocycles. The lowest BCUT2D eigenvalue weighted by Crippen LogP contribution is -2.09. The van der Waals surface area contributed by atoms with Gasteiger partial charge in [0, 0.05) is 12.8 Å². The minimum atomic E-state index is -0.651. The van der Waals surface area contributed by atoms with Crippen LogP contribution in [0.4, 0.5) is 0 Å². The van der Waals surface area contributed by atoms with Crippen molar-refractivity contribution in [3.8, 4) is 0 Å². The van der Waals surface area contributed by atoms with Crippen LogP contribution in [0, 0.1) is 0 Å². The number of nitrogens with two attached hydrogens (primary N) is 1. The number of rotatable bonds is 39. The standard InChI is InChI=1S/C22H43NO.C22H44O2/c2*1-2-3-4-5-6-7-8-9-10-11-12-13-14-15-16-17-18-19-20-21-22(23)24/h9-10H,2-8,11-21H2,1H3,(H2,23,24);2-21H2,1H3,(H,23,24)/b10-9-;. The third-order valence-electron chi connectivity index (χ3n) is 9.68. The van der Waals surface area contributed by atoms with E-state index in [-0.39, 0.29) is 5.91 Å². The molecule has 0 spiro atoms. The molecule has 0 aliphatic heterocycles. The van der Waals surface area contributed by atoms with E-state index in [2.05, 4.69) is 26.0 Å². The van der Waals surface area contributed by atoms with E-state index in [4.69, 9.17) is 10.8 Å². The van der Waals surface area contributed by atoms with Gasteiger partial charge >= 0.3 is 5.97 Å². The quantitative estimate of drug-likeness (QED) is 0.0502. The SMILES string of the molecule is CCCCCCCC/C=C\CCCCCCCCCCCC(N)=O.CCCCCCCCCCCCCCCCCCCCCC(=O)O. The van der Waals surface area contributed by atoms with Gasteiger partial charge in [0.25, 0.3) is 0 Å². The summed E-state index contributed by atoms with van der Waals surface area (Å²) >= 11 is 0. The lowest BCUT2D eigenvalue weighted by atomic mass is 10.0. The summed E-state index contributed by atoms with van der Waals surface area (Å²) < 4.78 is 0. The molecule has 0 heterocycles. The number of hydrogen-bond acceptors (Lipinski definition) is 2. The van der Waals surface area contributed by atoms with Crippen LogP contribution in [-0.4, -0.2) is 17.0 Å². The summed E-state index contributed by atoms with van der Waals surface area (Å²) in [6.45, 7) is 4.56. The summed E-state index contributed by atoms with van der Waals surface area (Å²) in [6, 6.07) is 0. The number of amides is 1. The molecule has 48 heavy (non-hydrogen) atoms. The molecule has 0 rings (SSSR count). The van der Waals surface area contributed by atoms with Gasteiger partial charge in [-0.3, -0.25) is 9.59 Å². The van der Waals surface area contributed by atoms with E-state index in [1.165, 1.54) is 205 Å². The van der Waals surface area contributed by atoms with Crippen LogP contribution in [0.5, 0.6) is 0 Å². The van der Waals surface area contributed by atoms with Crippen molar-refractivity contribution in [2.24, 2.45) is 5.73 Å². The van der Waals surface area contributed by atoms with Crippen molar-refractivity contribution < 1.29 is 14.7 Å². The molecule has 0 aliphatic rings. The van der Waals surface area contributed by atoms with Crippen LogP contribution in [0.3, 0.4) is 0 Å². The first-order chi connectivity index (χ1) is 23.5. The highest BCUT2D eigenvalue weighted by Gasteiger charge is 1.98. The van der Waals surface area contributed by atoms with Crippen LogP contribution < -0.4 is 5.73 Å². The van der Waals surface area contributed by atoms with E-state index < -0.39 is 5.97 Å². The topological polar surface area (TPSA) is 80.4 Å². The Labute approximate surface area is 301 Å². The maximum atomic E-state index is 10.6. The maximum Gasteiger partial charge on any atom is 0.303 e. The van der Waals surface area contributed by atoms with E-state index in [0.717, 1.165) is 25.7 Å². The predicted molar refractivity (Wildman–Crippen MR) is 213 cm³/mol. The summed E-state index contributed by atoms with van der Waals surface area (Å²) in [5.74, 6) is -0.807. The number of carbonyl (C=O) groups is 2. The zero-order chi connectivity index (χ0) is 35.4. The van der Waals surface area contributed by atoms with Gasteiger partial charge in [0.05, 0.1) is 0 Å².